The van der Waals surface area contributed by atoms with Crippen LogP contribution in [0, 0.1) is 81.8 Å². The van der Waals surface area contributed by atoms with Gasteiger partial charge in [-0.3, -0.25) is 9.59 Å². The van der Waals surface area contributed by atoms with Gasteiger partial charge in [0.25, 0.3) is 0 Å². The van der Waals surface area contributed by atoms with Crippen LogP contribution < -0.4 is 0 Å². The first-order valence-electron chi connectivity index (χ1n) is 13.8. The molecule has 14 unspecified atom stereocenters. The summed E-state index contributed by atoms with van der Waals surface area (Å²) in [5.41, 5.74) is 0.241. The molecular formula is C28H40O5. The maximum Gasteiger partial charge on any atom is 0.309 e. The number of carbonyl (C=O) groups is 2. The first kappa shape index (κ1) is 21.2. The fourth-order valence-electron chi connectivity index (χ4n) is 12.4. The zero-order chi connectivity index (χ0) is 22.9. The van der Waals surface area contributed by atoms with Crippen molar-refractivity contribution in [2.24, 2.45) is 81.8 Å². The van der Waals surface area contributed by atoms with Crippen LogP contribution >= 0.6 is 0 Å². The van der Waals surface area contributed by atoms with Crippen LogP contribution in [-0.4, -0.2) is 35.4 Å². The minimum atomic E-state index is -0.688. The number of hydrogen-bond donors (Lipinski definition) is 2. The molecule has 4 bridgehead atoms. The van der Waals surface area contributed by atoms with Crippen molar-refractivity contribution < 1.29 is 24.5 Å². The Morgan fingerprint density at radius 2 is 1.76 bits per heavy atom. The first-order valence-corrected chi connectivity index (χ1v) is 13.8. The summed E-state index contributed by atoms with van der Waals surface area (Å²) in [6.07, 6.45) is 8.93. The molecule has 1 heterocycles. The van der Waals surface area contributed by atoms with Gasteiger partial charge in [-0.1, -0.05) is 20.3 Å². The second-order valence-electron chi connectivity index (χ2n) is 13.7. The van der Waals surface area contributed by atoms with Gasteiger partial charge in [-0.2, -0.15) is 0 Å². The summed E-state index contributed by atoms with van der Waals surface area (Å²) in [6.45, 7) is 5.37. The van der Waals surface area contributed by atoms with Gasteiger partial charge in [0, 0.05) is 18.4 Å². The molecule has 7 aliphatic rings. The summed E-state index contributed by atoms with van der Waals surface area (Å²) >= 11 is 0. The van der Waals surface area contributed by atoms with E-state index in [2.05, 4.69) is 13.8 Å². The molecule has 5 heteroatoms. The molecule has 1 saturated heterocycles. The van der Waals surface area contributed by atoms with E-state index in [-0.39, 0.29) is 35.2 Å². The molecule has 1 aliphatic heterocycles. The highest BCUT2D eigenvalue weighted by atomic mass is 16.5. The van der Waals surface area contributed by atoms with E-state index in [9.17, 15) is 19.8 Å². The van der Waals surface area contributed by atoms with Crippen molar-refractivity contribution in [3.63, 3.8) is 0 Å². The van der Waals surface area contributed by atoms with Crippen molar-refractivity contribution in [1.29, 1.82) is 0 Å². The minimum absolute atomic E-state index is 0.00432. The Balaban J connectivity index is 1.24. The molecule has 0 amide bonds. The van der Waals surface area contributed by atoms with Crippen LogP contribution in [0.5, 0.6) is 0 Å². The molecule has 7 rings (SSSR count). The lowest BCUT2D eigenvalue weighted by molar-refractivity contribution is -0.165. The molecule has 6 aliphatic carbocycles. The number of aliphatic hydroxyl groups is 1. The molecule has 33 heavy (non-hydrogen) atoms. The van der Waals surface area contributed by atoms with E-state index in [4.69, 9.17) is 4.74 Å². The van der Waals surface area contributed by atoms with Gasteiger partial charge in [-0.15, -0.1) is 0 Å². The van der Waals surface area contributed by atoms with Gasteiger partial charge >= 0.3 is 11.9 Å². The lowest BCUT2D eigenvalue weighted by Gasteiger charge is -2.59. The Bertz CT molecular complexity index is 886. The predicted molar refractivity (Wildman–Crippen MR) is 121 cm³/mol. The molecule has 0 aromatic carbocycles. The molecule has 0 radical (unpaired) electrons. The standard InChI is InChI=1S/C28H40O5/c1-3-15-14-5-22-16(15)6-18(25(30)31)23(11-29)28(22,9-14)10-20-13-4-21-17(20)7-19-24(12-33-26(19)32)27(21,2)8-13/h13-24,29H,3-12H2,1-2H3,(H,30,31). The van der Waals surface area contributed by atoms with Crippen LogP contribution in [0.1, 0.15) is 65.2 Å². The Morgan fingerprint density at radius 1 is 1.03 bits per heavy atom. The summed E-state index contributed by atoms with van der Waals surface area (Å²) in [5, 5.41) is 20.8. The molecule has 5 nitrogen and oxygen atoms in total. The van der Waals surface area contributed by atoms with Crippen LogP contribution in [0.15, 0.2) is 0 Å². The molecule has 0 aromatic rings. The summed E-state index contributed by atoms with van der Waals surface area (Å²) in [4.78, 5) is 25.0. The number of fused-ring (bicyclic) bond motifs is 4. The number of carbonyl (C=O) groups excluding carboxylic acids is 1. The largest absolute Gasteiger partial charge is 0.481 e. The highest BCUT2D eigenvalue weighted by Crippen LogP contribution is 2.76. The number of esters is 1. The minimum Gasteiger partial charge on any atom is -0.481 e. The summed E-state index contributed by atoms with van der Waals surface area (Å²) < 4.78 is 5.57. The van der Waals surface area contributed by atoms with E-state index < -0.39 is 11.9 Å². The number of cyclic esters (lactones) is 1. The van der Waals surface area contributed by atoms with Gasteiger partial charge in [0.05, 0.1) is 18.4 Å². The lowest BCUT2D eigenvalue weighted by atomic mass is 9.45. The van der Waals surface area contributed by atoms with E-state index in [0.717, 1.165) is 31.6 Å². The maximum atomic E-state index is 12.6. The number of aliphatic carboxylic acids is 1. The van der Waals surface area contributed by atoms with Crippen LogP contribution in [0.2, 0.25) is 0 Å². The lowest BCUT2D eigenvalue weighted by Crippen LogP contribution is -2.56. The van der Waals surface area contributed by atoms with Gasteiger partial charge in [0.15, 0.2) is 0 Å². The van der Waals surface area contributed by atoms with E-state index >= 15 is 0 Å². The van der Waals surface area contributed by atoms with E-state index in [1.54, 1.807) is 0 Å². The van der Waals surface area contributed by atoms with Crippen molar-refractivity contribution in [3.8, 4) is 0 Å². The van der Waals surface area contributed by atoms with Gasteiger partial charge < -0.3 is 14.9 Å². The smallest absolute Gasteiger partial charge is 0.309 e. The number of aliphatic hydroxyl groups excluding tert-OH is 1. The zero-order valence-electron chi connectivity index (χ0n) is 20.1. The topological polar surface area (TPSA) is 83.8 Å². The molecule has 14 atom stereocenters. The molecule has 6 saturated carbocycles. The Kier molecular flexibility index (Phi) is 4.35. The van der Waals surface area contributed by atoms with Crippen molar-refractivity contribution in [1.82, 2.24) is 0 Å². The Hall–Kier alpha value is -1.10. The van der Waals surface area contributed by atoms with E-state index in [0.29, 0.717) is 54.0 Å². The second kappa shape index (κ2) is 6.77. The van der Waals surface area contributed by atoms with Gasteiger partial charge in [-0.25, -0.2) is 0 Å². The van der Waals surface area contributed by atoms with Gasteiger partial charge in [-0.05, 0) is 103 Å². The van der Waals surface area contributed by atoms with Crippen LogP contribution in [0.4, 0.5) is 0 Å². The van der Waals surface area contributed by atoms with Crippen molar-refractivity contribution in [3.05, 3.63) is 0 Å². The number of rotatable bonds is 5. The third-order valence-electron chi connectivity index (χ3n) is 13.3. The third-order valence-corrected chi connectivity index (χ3v) is 13.3. The van der Waals surface area contributed by atoms with Gasteiger partial charge in [0.1, 0.15) is 0 Å². The molecule has 7 fully saturated rings. The highest BCUT2D eigenvalue weighted by molar-refractivity contribution is 5.75. The SMILES string of the molecule is CCC1C2CC3C1CC(C(=O)O)C(CO)C3(CC1C3CC4C1CC1C(=O)OCC1C4(C)C3)C2. The van der Waals surface area contributed by atoms with Crippen LogP contribution in [0.3, 0.4) is 0 Å². The van der Waals surface area contributed by atoms with Crippen molar-refractivity contribution in [2.75, 3.05) is 13.2 Å². The summed E-state index contributed by atoms with van der Waals surface area (Å²) in [5.74, 6) is 4.45. The Labute approximate surface area is 197 Å². The first-order chi connectivity index (χ1) is 15.8. The molecule has 0 aromatic heterocycles. The van der Waals surface area contributed by atoms with Gasteiger partial charge in [0.2, 0.25) is 0 Å². The fraction of sp³-hybridized carbons (Fsp3) is 0.929. The molecule has 182 valence electrons. The average Bonchev–Trinajstić information content (AvgIpc) is 3.55. The third kappa shape index (κ3) is 2.44. The highest BCUT2D eigenvalue weighted by Gasteiger charge is 2.71. The summed E-state index contributed by atoms with van der Waals surface area (Å²) in [7, 11) is 0. The zero-order valence-corrected chi connectivity index (χ0v) is 20.1. The summed E-state index contributed by atoms with van der Waals surface area (Å²) in [6, 6.07) is 0. The Morgan fingerprint density at radius 3 is 2.48 bits per heavy atom. The van der Waals surface area contributed by atoms with E-state index in [1.807, 2.05) is 0 Å². The molecule has 2 N–H and O–H groups in total. The second-order valence-corrected chi connectivity index (χ2v) is 13.7. The number of carboxylic acids is 1. The normalized spacial score (nSPS) is 59.7. The van der Waals surface area contributed by atoms with Crippen molar-refractivity contribution in [2.45, 2.75) is 65.2 Å². The predicted octanol–water partition coefficient (Wildman–Crippen LogP) is 4.23. The quantitative estimate of drug-likeness (QED) is 0.605. The maximum absolute atomic E-state index is 12.6. The number of ether oxygens (including phenoxy) is 1. The van der Waals surface area contributed by atoms with Crippen molar-refractivity contribution >= 4 is 11.9 Å². The van der Waals surface area contributed by atoms with Crippen LogP contribution in [0.25, 0.3) is 0 Å². The number of hydrogen-bond acceptors (Lipinski definition) is 4. The molecule has 0 spiro atoms. The average molecular weight is 457 g/mol. The molecular weight excluding hydrogens is 416 g/mol. The van der Waals surface area contributed by atoms with Crippen LogP contribution in [-0.2, 0) is 14.3 Å². The van der Waals surface area contributed by atoms with E-state index in [1.165, 1.54) is 25.7 Å². The monoisotopic (exact) mass is 456 g/mol. The fourth-order valence-corrected chi connectivity index (χ4v) is 12.4. The number of carboxylic acid groups (broad SMARTS) is 1.